The molecular formula is C21H24FN4O2+. The highest BCUT2D eigenvalue weighted by molar-refractivity contribution is 5.94. The minimum absolute atomic E-state index is 0.149. The molecule has 0 bridgehead atoms. The number of hydrogen-bond donors (Lipinski definition) is 2. The van der Waals surface area contributed by atoms with Crippen molar-refractivity contribution < 1.29 is 19.2 Å². The van der Waals surface area contributed by atoms with Crippen molar-refractivity contribution in [2.75, 3.05) is 49.1 Å². The van der Waals surface area contributed by atoms with Crippen molar-refractivity contribution in [1.29, 1.82) is 5.26 Å². The molecule has 1 saturated heterocycles. The molecule has 6 nitrogen and oxygen atoms in total. The molecule has 1 amide bonds. The zero-order chi connectivity index (χ0) is 19.9. The zero-order valence-corrected chi connectivity index (χ0v) is 15.6. The normalized spacial score (nSPS) is 14.5. The molecule has 2 N–H and O–H groups in total. The minimum atomic E-state index is -0.465. The molecule has 0 aliphatic carbocycles. The number of carbonyl (C=O) groups is 1. The summed E-state index contributed by atoms with van der Waals surface area (Å²) in [5.41, 5.74) is 1.02. The van der Waals surface area contributed by atoms with Crippen LogP contribution in [0.5, 0.6) is 5.75 Å². The van der Waals surface area contributed by atoms with Crippen molar-refractivity contribution in [1.82, 2.24) is 0 Å². The number of nitriles is 1. The van der Waals surface area contributed by atoms with Gasteiger partial charge >= 0.3 is 0 Å². The molecule has 0 spiro atoms. The number of phenols is 1. The fraction of sp³-hybridized carbons (Fsp3) is 0.333. The highest BCUT2D eigenvalue weighted by atomic mass is 19.1. The summed E-state index contributed by atoms with van der Waals surface area (Å²) < 4.78 is 14.2. The molecule has 146 valence electrons. The second-order valence-corrected chi connectivity index (χ2v) is 6.81. The SMILES string of the molecule is N#CCCN(C(=O)C[NH+]1CCN(c2ccccc2O)CC1)c1ccccc1F. The zero-order valence-electron chi connectivity index (χ0n) is 15.6. The van der Waals surface area contributed by atoms with Crippen molar-refractivity contribution in [3.63, 3.8) is 0 Å². The van der Waals surface area contributed by atoms with E-state index in [2.05, 4.69) is 4.90 Å². The lowest BCUT2D eigenvalue weighted by molar-refractivity contribution is -0.892. The van der Waals surface area contributed by atoms with Gasteiger partial charge in [-0.05, 0) is 24.3 Å². The largest absolute Gasteiger partial charge is 0.506 e. The maximum atomic E-state index is 14.2. The third kappa shape index (κ3) is 4.59. The maximum Gasteiger partial charge on any atom is 0.282 e. The van der Waals surface area contributed by atoms with E-state index in [1.807, 2.05) is 18.2 Å². The third-order valence-corrected chi connectivity index (χ3v) is 4.99. The Morgan fingerprint density at radius 2 is 1.86 bits per heavy atom. The molecule has 7 heteroatoms. The van der Waals surface area contributed by atoms with Gasteiger partial charge in [0.25, 0.3) is 5.91 Å². The van der Waals surface area contributed by atoms with E-state index in [0.29, 0.717) is 0 Å². The molecule has 28 heavy (non-hydrogen) atoms. The van der Waals surface area contributed by atoms with Crippen LogP contribution in [0.3, 0.4) is 0 Å². The molecule has 2 aromatic rings. The van der Waals surface area contributed by atoms with Gasteiger partial charge in [-0.15, -0.1) is 0 Å². The number of halogens is 1. The van der Waals surface area contributed by atoms with Crippen LogP contribution in [0, 0.1) is 17.1 Å². The van der Waals surface area contributed by atoms with Crippen molar-refractivity contribution in [3.8, 4) is 11.8 Å². The van der Waals surface area contributed by atoms with Crippen LogP contribution in [0.15, 0.2) is 48.5 Å². The van der Waals surface area contributed by atoms with E-state index in [1.165, 1.54) is 11.0 Å². The van der Waals surface area contributed by atoms with Crippen LogP contribution in [0.4, 0.5) is 15.8 Å². The molecule has 0 aromatic heterocycles. The lowest BCUT2D eigenvalue weighted by Crippen LogP contribution is -3.16. The summed E-state index contributed by atoms with van der Waals surface area (Å²) in [6, 6.07) is 15.4. The number of piperazine rings is 1. The number of nitrogens with zero attached hydrogens (tertiary/aromatic N) is 3. The predicted octanol–water partition coefficient (Wildman–Crippen LogP) is 1.18. The van der Waals surface area contributed by atoms with Crippen LogP contribution >= 0.6 is 0 Å². The number of benzene rings is 2. The van der Waals surface area contributed by atoms with E-state index >= 15 is 0 Å². The second-order valence-electron chi connectivity index (χ2n) is 6.81. The summed E-state index contributed by atoms with van der Waals surface area (Å²) in [5, 5.41) is 18.9. The van der Waals surface area contributed by atoms with Crippen LogP contribution in [0.2, 0.25) is 0 Å². The molecule has 1 aliphatic heterocycles. The van der Waals surface area contributed by atoms with Gasteiger partial charge in [-0.3, -0.25) is 4.79 Å². The van der Waals surface area contributed by atoms with Gasteiger partial charge in [-0.2, -0.15) is 5.26 Å². The Hall–Kier alpha value is -3.11. The molecule has 1 aliphatic rings. The molecular weight excluding hydrogens is 359 g/mol. The van der Waals surface area contributed by atoms with Crippen LogP contribution in [0.25, 0.3) is 0 Å². The lowest BCUT2D eigenvalue weighted by Gasteiger charge is -2.34. The first kappa shape index (κ1) is 19.6. The van der Waals surface area contributed by atoms with E-state index in [-0.39, 0.29) is 36.9 Å². The first-order valence-corrected chi connectivity index (χ1v) is 9.38. The van der Waals surface area contributed by atoms with Crippen molar-refractivity contribution >= 4 is 17.3 Å². The van der Waals surface area contributed by atoms with Gasteiger partial charge in [0.2, 0.25) is 0 Å². The summed E-state index contributed by atoms with van der Waals surface area (Å²) in [6.45, 7) is 3.34. The lowest BCUT2D eigenvalue weighted by atomic mass is 10.2. The van der Waals surface area contributed by atoms with Crippen LogP contribution in [0.1, 0.15) is 6.42 Å². The number of hydrogen-bond acceptors (Lipinski definition) is 4. The Kier molecular flexibility index (Phi) is 6.45. The summed E-state index contributed by atoms with van der Waals surface area (Å²) in [4.78, 5) is 17.4. The number of quaternary nitrogens is 1. The number of para-hydroxylation sites is 3. The van der Waals surface area contributed by atoms with Crippen molar-refractivity contribution in [2.24, 2.45) is 0 Å². The predicted molar refractivity (Wildman–Crippen MR) is 105 cm³/mol. The van der Waals surface area contributed by atoms with Gasteiger partial charge in [0, 0.05) is 6.54 Å². The van der Waals surface area contributed by atoms with E-state index in [4.69, 9.17) is 5.26 Å². The van der Waals surface area contributed by atoms with Gasteiger partial charge in [0.1, 0.15) is 11.6 Å². The van der Waals surface area contributed by atoms with Crippen molar-refractivity contribution in [2.45, 2.75) is 6.42 Å². The Balaban J connectivity index is 1.62. The Labute approximate surface area is 164 Å². The molecule has 0 atom stereocenters. The smallest absolute Gasteiger partial charge is 0.282 e. The van der Waals surface area contributed by atoms with Gasteiger partial charge in [-0.25, -0.2) is 4.39 Å². The number of amides is 1. The second kappa shape index (κ2) is 9.20. The molecule has 0 radical (unpaired) electrons. The van der Waals surface area contributed by atoms with Gasteiger partial charge in [0.15, 0.2) is 6.54 Å². The molecule has 1 heterocycles. The Bertz CT molecular complexity index is 859. The van der Waals surface area contributed by atoms with Crippen LogP contribution in [-0.4, -0.2) is 50.3 Å². The Morgan fingerprint density at radius 1 is 1.18 bits per heavy atom. The number of phenolic OH excluding ortho intramolecular Hbond substituents is 1. The molecule has 0 unspecified atom stereocenters. The molecule has 2 aromatic carbocycles. The summed E-state index contributed by atoms with van der Waals surface area (Å²) in [5.74, 6) is -0.399. The average molecular weight is 383 g/mol. The Morgan fingerprint density at radius 3 is 2.54 bits per heavy atom. The summed E-state index contributed by atoms with van der Waals surface area (Å²) in [6.07, 6.45) is 0.149. The van der Waals surface area contributed by atoms with Gasteiger partial charge < -0.3 is 19.8 Å². The number of aromatic hydroxyl groups is 1. The first-order valence-electron chi connectivity index (χ1n) is 9.38. The van der Waals surface area contributed by atoms with Crippen LogP contribution in [-0.2, 0) is 4.79 Å². The summed E-state index contributed by atoms with van der Waals surface area (Å²) in [7, 11) is 0. The fourth-order valence-corrected chi connectivity index (χ4v) is 3.49. The van der Waals surface area contributed by atoms with Crippen molar-refractivity contribution in [3.05, 3.63) is 54.3 Å². The first-order chi connectivity index (χ1) is 13.6. The maximum absolute atomic E-state index is 14.2. The highest BCUT2D eigenvalue weighted by Crippen LogP contribution is 2.26. The number of anilines is 2. The standard InChI is InChI=1S/C21H23FN4O2/c22-17-6-1-2-7-18(17)26(11-5-10-23)21(28)16-24-12-14-25(15-13-24)19-8-3-4-9-20(19)27/h1-4,6-9,27H,5,11-16H2/p+1. The van der Waals surface area contributed by atoms with E-state index in [0.717, 1.165) is 36.8 Å². The average Bonchev–Trinajstić information content (AvgIpc) is 2.70. The van der Waals surface area contributed by atoms with E-state index in [9.17, 15) is 14.3 Å². The van der Waals surface area contributed by atoms with E-state index in [1.54, 1.807) is 30.3 Å². The van der Waals surface area contributed by atoms with Gasteiger partial charge in [-0.1, -0.05) is 24.3 Å². The van der Waals surface area contributed by atoms with Crippen LogP contribution < -0.4 is 14.7 Å². The molecule has 1 fully saturated rings. The minimum Gasteiger partial charge on any atom is -0.506 e. The highest BCUT2D eigenvalue weighted by Gasteiger charge is 2.27. The molecule has 0 saturated carbocycles. The number of nitrogens with one attached hydrogen (secondary N) is 1. The third-order valence-electron chi connectivity index (χ3n) is 4.99. The number of carbonyl (C=O) groups excluding carboxylic acids is 1. The molecule has 3 rings (SSSR count). The van der Waals surface area contributed by atoms with E-state index < -0.39 is 5.82 Å². The number of rotatable bonds is 6. The quantitative estimate of drug-likeness (QED) is 0.786. The topological polar surface area (TPSA) is 72.0 Å². The summed E-state index contributed by atoms with van der Waals surface area (Å²) >= 11 is 0. The van der Waals surface area contributed by atoms with Gasteiger partial charge in [0.05, 0.1) is 50.0 Å². The fourth-order valence-electron chi connectivity index (χ4n) is 3.49. The monoisotopic (exact) mass is 383 g/mol.